The second-order valence-electron chi connectivity index (χ2n) is 5.49. The molecule has 23 heavy (non-hydrogen) atoms. The zero-order valence-corrected chi connectivity index (χ0v) is 13.8. The lowest BCUT2D eigenvalue weighted by atomic mass is 10.1. The van der Waals surface area contributed by atoms with Crippen LogP contribution >= 0.6 is 11.6 Å². The molecule has 0 aliphatic heterocycles. The Labute approximate surface area is 141 Å². The Morgan fingerprint density at radius 1 is 1.17 bits per heavy atom. The number of halogens is 1. The first kappa shape index (κ1) is 17.1. The number of rotatable bonds is 7. The fourth-order valence-corrected chi connectivity index (χ4v) is 2.50. The van der Waals surface area contributed by atoms with Crippen LogP contribution in [0.1, 0.15) is 18.6 Å². The summed E-state index contributed by atoms with van der Waals surface area (Å²) in [5.74, 6) is 1.51. The number of furan rings is 1. The van der Waals surface area contributed by atoms with E-state index in [1.165, 1.54) is 0 Å². The van der Waals surface area contributed by atoms with Crippen molar-refractivity contribution in [2.75, 3.05) is 13.6 Å². The molecule has 0 spiro atoms. The maximum atomic E-state index is 9.12. The molecule has 5 heteroatoms. The van der Waals surface area contributed by atoms with Gasteiger partial charge in [-0.3, -0.25) is 4.90 Å². The Balaban J connectivity index is 1.94. The molecule has 0 bridgehead atoms. The third-order valence-corrected chi connectivity index (χ3v) is 3.79. The molecule has 0 saturated heterocycles. The van der Waals surface area contributed by atoms with Crippen molar-refractivity contribution in [1.82, 2.24) is 4.90 Å². The van der Waals surface area contributed by atoms with E-state index in [9.17, 15) is 0 Å². The number of nitriles is 2. The van der Waals surface area contributed by atoms with Crippen LogP contribution in [0.2, 0.25) is 5.02 Å². The number of nitrogens with zero attached hydrogens (tertiary/aromatic N) is 3. The van der Waals surface area contributed by atoms with Crippen LogP contribution in [0.4, 0.5) is 0 Å². The fraction of sp³-hybridized carbons (Fsp3) is 0.333. The van der Waals surface area contributed by atoms with Gasteiger partial charge in [-0.25, -0.2) is 0 Å². The lowest BCUT2D eigenvalue weighted by Crippen LogP contribution is -2.24. The van der Waals surface area contributed by atoms with Crippen molar-refractivity contribution in [3.63, 3.8) is 0 Å². The standard InChI is InChI=1S/C18H18ClN3O/c1-22(12-14(11-21)3-2-10-20)13-17-8-9-18(23-17)15-4-6-16(19)7-5-15/h4-9,14H,2-3,12-13H2,1H3. The van der Waals surface area contributed by atoms with Crippen LogP contribution in [0.5, 0.6) is 0 Å². The minimum atomic E-state index is -0.134. The van der Waals surface area contributed by atoms with Gasteiger partial charge in [0.05, 0.1) is 24.6 Å². The molecule has 1 aromatic carbocycles. The highest BCUT2D eigenvalue weighted by Crippen LogP contribution is 2.24. The molecular formula is C18H18ClN3O. The molecular weight excluding hydrogens is 310 g/mol. The molecule has 4 nitrogen and oxygen atoms in total. The predicted molar refractivity (Wildman–Crippen MR) is 89.4 cm³/mol. The molecule has 1 atom stereocenters. The van der Waals surface area contributed by atoms with Crippen LogP contribution in [-0.2, 0) is 6.54 Å². The van der Waals surface area contributed by atoms with E-state index in [0.29, 0.717) is 31.0 Å². The minimum Gasteiger partial charge on any atom is -0.460 e. The summed E-state index contributed by atoms with van der Waals surface area (Å²) in [6.45, 7) is 1.24. The molecule has 0 aliphatic rings. The zero-order valence-electron chi connectivity index (χ0n) is 13.0. The lowest BCUT2D eigenvalue weighted by molar-refractivity contribution is 0.267. The van der Waals surface area contributed by atoms with E-state index in [4.69, 9.17) is 26.5 Å². The topological polar surface area (TPSA) is 64.0 Å². The van der Waals surface area contributed by atoms with E-state index in [0.717, 1.165) is 17.1 Å². The van der Waals surface area contributed by atoms with Gasteiger partial charge in [0, 0.05) is 23.6 Å². The van der Waals surface area contributed by atoms with Gasteiger partial charge < -0.3 is 4.42 Å². The van der Waals surface area contributed by atoms with E-state index >= 15 is 0 Å². The van der Waals surface area contributed by atoms with Crippen molar-refractivity contribution in [3.05, 3.63) is 47.2 Å². The first-order valence-corrected chi connectivity index (χ1v) is 7.80. The molecule has 0 N–H and O–H groups in total. The van der Waals surface area contributed by atoms with Crippen LogP contribution in [0.25, 0.3) is 11.3 Å². The van der Waals surface area contributed by atoms with E-state index in [-0.39, 0.29) is 5.92 Å². The zero-order chi connectivity index (χ0) is 16.7. The van der Waals surface area contributed by atoms with Crippen molar-refractivity contribution < 1.29 is 4.42 Å². The second-order valence-corrected chi connectivity index (χ2v) is 5.93. The summed E-state index contributed by atoms with van der Waals surface area (Å²) < 4.78 is 5.86. The van der Waals surface area contributed by atoms with Gasteiger partial charge in [0.15, 0.2) is 0 Å². The number of hydrogen-bond acceptors (Lipinski definition) is 4. The predicted octanol–water partition coefficient (Wildman–Crippen LogP) is 4.48. The average molecular weight is 328 g/mol. The van der Waals surface area contributed by atoms with Gasteiger partial charge in [0.1, 0.15) is 11.5 Å². The molecule has 0 amide bonds. The monoisotopic (exact) mass is 327 g/mol. The smallest absolute Gasteiger partial charge is 0.134 e. The van der Waals surface area contributed by atoms with Crippen LogP contribution in [0.15, 0.2) is 40.8 Å². The summed E-state index contributed by atoms with van der Waals surface area (Å²) in [5.41, 5.74) is 0.979. The SMILES string of the molecule is CN(Cc1ccc(-c2ccc(Cl)cc2)o1)CC(C#N)CCC#N. The van der Waals surface area contributed by atoms with Crippen LogP contribution < -0.4 is 0 Å². The van der Waals surface area contributed by atoms with Crippen molar-refractivity contribution in [3.8, 4) is 23.5 Å². The van der Waals surface area contributed by atoms with Gasteiger partial charge in [0.25, 0.3) is 0 Å². The molecule has 1 aromatic heterocycles. The first-order chi connectivity index (χ1) is 11.1. The molecule has 2 rings (SSSR count). The molecule has 1 unspecified atom stereocenters. The Hall–Kier alpha value is -2.27. The largest absolute Gasteiger partial charge is 0.460 e. The Morgan fingerprint density at radius 2 is 1.91 bits per heavy atom. The minimum absolute atomic E-state index is 0.134. The third-order valence-electron chi connectivity index (χ3n) is 3.54. The van der Waals surface area contributed by atoms with Crippen LogP contribution in [0, 0.1) is 28.6 Å². The van der Waals surface area contributed by atoms with E-state index in [2.05, 4.69) is 12.1 Å². The highest BCUT2D eigenvalue weighted by atomic mass is 35.5. The first-order valence-electron chi connectivity index (χ1n) is 7.42. The summed E-state index contributed by atoms with van der Waals surface area (Å²) in [6, 6.07) is 15.7. The van der Waals surface area contributed by atoms with E-state index in [1.807, 2.05) is 48.3 Å². The van der Waals surface area contributed by atoms with Gasteiger partial charge in [-0.2, -0.15) is 10.5 Å². The number of benzene rings is 1. The molecule has 1 heterocycles. The molecule has 0 saturated carbocycles. The van der Waals surface area contributed by atoms with E-state index in [1.54, 1.807) is 0 Å². The summed E-state index contributed by atoms with van der Waals surface area (Å²) in [6.07, 6.45) is 1.01. The molecule has 0 fully saturated rings. The van der Waals surface area contributed by atoms with Gasteiger partial charge in [0.2, 0.25) is 0 Å². The maximum absolute atomic E-state index is 9.12. The summed E-state index contributed by atoms with van der Waals surface area (Å²) >= 11 is 5.89. The van der Waals surface area contributed by atoms with E-state index < -0.39 is 0 Å². The lowest BCUT2D eigenvalue weighted by Gasteiger charge is -2.17. The third kappa shape index (κ3) is 5.14. The normalized spacial score (nSPS) is 11.9. The van der Waals surface area contributed by atoms with Gasteiger partial charge >= 0.3 is 0 Å². The molecule has 2 aromatic rings. The average Bonchev–Trinajstić information content (AvgIpc) is 3.00. The van der Waals surface area contributed by atoms with Crippen molar-refractivity contribution in [1.29, 1.82) is 10.5 Å². The van der Waals surface area contributed by atoms with Crippen molar-refractivity contribution in [2.45, 2.75) is 19.4 Å². The van der Waals surface area contributed by atoms with Gasteiger partial charge in [-0.1, -0.05) is 11.6 Å². The highest BCUT2D eigenvalue weighted by Gasteiger charge is 2.13. The fourth-order valence-electron chi connectivity index (χ4n) is 2.37. The van der Waals surface area contributed by atoms with Crippen molar-refractivity contribution in [2.24, 2.45) is 5.92 Å². The van der Waals surface area contributed by atoms with Crippen LogP contribution in [0.3, 0.4) is 0 Å². The van der Waals surface area contributed by atoms with Crippen LogP contribution in [-0.4, -0.2) is 18.5 Å². The summed E-state index contributed by atoms with van der Waals surface area (Å²) in [7, 11) is 1.95. The van der Waals surface area contributed by atoms with Gasteiger partial charge in [-0.05, 0) is 49.9 Å². The quantitative estimate of drug-likeness (QED) is 0.752. The second kappa shape index (κ2) is 8.39. The molecule has 0 radical (unpaired) electrons. The molecule has 118 valence electrons. The maximum Gasteiger partial charge on any atom is 0.134 e. The Kier molecular flexibility index (Phi) is 6.23. The number of hydrogen-bond donors (Lipinski definition) is 0. The summed E-state index contributed by atoms with van der Waals surface area (Å²) in [5, 5.41) is 18.4. The molecule has 0 aliphatic carbocycles. The van der Waals surface area contributed by atoms with Gasteiger partial charge in [-0.15, -0.1) is 0 Å². The Bertz CT molecular complexity index is 709. The van der Waals surface area contributed by atoms with Crippen molar-refractivity contribution >= 4 is 11.6 Å². The highest BCUT2D eigenvalue weighted by molar-refractivity contribution is 6.30. The summed E-state index contributed by atoms with van der Waals surface area (Å²) in [4.78, 5) is 2.04. The Morgan fingerprint density at radius 3 is 2.57 bits per heavy atom.